The summed E-state index contributed by atoms with van der Waals surface area (Å²) in [5.41, 5.74) is 0.475. The van der Waals surface area contributed by atoms with E-state index in [1.165, 1.54) is 10.5 Å². The van der Waals surface area contributed by atoms with Gasteiger partial charge in [-0.25, -0.2) is 0 Å². The van der Waals surface area contributed by atoms with Crippen molar-refractivity contribution in [1.29, 1.82) is 5.26 Å². The predicted molar refractivity (Wildman–Crippen MR) is 95.0 cm³/mol. The van der Waals surface area contributed by atoms with Crippen LogP contribution in [0.4, 0.5) is 0 Å². The SMILES string of the molecule is C[C@](C#N)(NC(=O)C[NH+]1CCC[C@@H]1c1ccc2c(c1)OCCO2)C1CC1. The summed E-state index contributed by atoms with van der Waals surface area (Å²) in [7, 11) is 0. The first-order chi connectivity index (χ1) is 12.6. The molecular weight excluding hydrogens is 330 g/mol. The van der Waals surface area contributed by atoms with E-state index in [1.54, 1.807) is 0 Å². The van der Waals surface area contributed by atoms with Gasteiger partial charge in [0.05, 0.1) is 12.6 Å². The summed E-state index contributed by atoms with van der Waals surface area (Å²) >= 11 is 0. The molecule has 1 saturated carbocycles. The van der Waals surface area contributed by atoms with Gasteiger partial charge in [0.2, 0.25) is 0 Å². The molecule has 6 nitrogen and oxygen atoms in total. The molecule has 6 heteroatoms. The zero-order valence-corrected chi connectivity index (χ0v) is 15.2. The number of fused-ring (bicyclic) bond motifs is 1. The highest BCUT2D eigenvalue weighted by Crippen LogP contribution is 2.39. The first kappa shape index (κ1) is 17.2. The molecule has 0 aromatic heterocycles. The van der Waals surface area contributed by atoms with E-state index >= 15 is 0 Å². The summed E-state index contributed by atoms with van der Waals surface area (Å²) in [6.07, 6.45) is 4.21. The molecule has 2 fully saturated rings. The Kier molecular flexibility index (Phi) is 4.49. The van der Waals surface area contributed by atoms with Gasteiger partial charge >= 0.3 is 0 Å². The van der Waals surface area contributed by atoms with Crippen molar-refractivity contribution in [2.45, 2.75) is 44.2 Å². The van der Waals surface area contributed by atoms with E-state index in [4.69, 9.17) is 9.47 Å². The van der Waals surface area contributed by atoms with Gasteiger partial charge in [-0.15, -0.1) is 0 Å². The maximum atomic E-state index is 12.6. The van der Waals surface area contributed by atoms with E-state index in [0.29, 0.717) is 25.7 Å². The number of hydrogen-bond donors (Lipinski definition) is 2. The molecule has 4 rings (SSSR count). The molecule has 138 valence electrons. The van der Waals surface area contributed by atoms with Crippen LogP contribution >= 0.6 is 0 Å². The maximum Gasteiger partial charge on any atom is 0.276 e. The zero-order chi connectivity index (χ0) is 18.1. The van der Waals surface area contributed by atoms with Crippen molar-refractivity contribution in [2.75, 3.05) is 26.3 Å². The summed E-state index contributed by atoms with van der Waals surface area (Å²) in [4.78, 5) is 13.8. The van der Waals surface area contributed by atoms with Gasteiger partial charge in [0, 0.05) is 18.4 Å². The quantitative estimate of drug-likeness (QED) is 0.825. The summed E-state index contributed by atoms with van der Waals surface area (Å²) in [5.74, 6) is 1.88. The van der Waals surface area contributed by atoms with Crippen molar-refractivity contribution >= 4 is 5.91 Å². The van der Waals surface area contributed by atoms with Crippen molar-refractivity contribution in [3.05, 3.63) is 23.8 Å². The van der Waals surface area contributed by atoms with Gasteiger partial charge in [0.15, 0.2) is 18.0 Å². The number of carbonyl (C=O) groups excluding carboxylic acids is 1. The number of amides is 1. The number of likely N-dealkylation sites (tertiary alicyclic amines) is 1. The topological polar surface area (TPSA) is 75.8 Å². The lowest BCUT2D eigenvalue weighted by atomic mass is 9.98. The summed E-state index contributed by atoms with van der Waals surface area (Å²) < 4.78 is 11.3. The highest BCUT2D eigenvalue weighted by Gasteiger charge is 2.44. The fourth-order valence-corrected chi connectivity index (χ4v) is 4.22. The van der Waals surface area contributed by atoms with Gasteiger partial charge in [-0.1, -0.05) is 0 Å². The average Bonchev–Trinajstić information content (AvgIpc) is 3.42. The summed E-state index contributed by atoms with van der Waals surface area (Å²) in [6.45, 7) is 4.39. The molecule has 0 spiro atoms. The molecule has 2 aliphatic heterocycles. The molecule has 1 aromatic carbocycles. The van der Waals surface area contributed by atoms with Crippen LogP contribution in [-0.2, 0) is 4.79 Å². The van der Waals surface area contributed by atoms with Crippen LogP contribution in [0.15, 0.2) is 18.2 Å². The fourth-order valence-electron chi connectivity index (χ4n) is 4.22. The van der Waals surface area contributed by atoms with E-state index in [2.05, 4.69) is 23.5 Å². The molecule has 3 aliphatic rings. The van der Waals surface area contributed by atoms with Gasteiger partial charge in [-0.3, -0.25) is 4.79 Å². The molecule has 3 atom stereocenters. The monoisotopic (exact) mass is 356 g/mol. The third kappa shape index (κ3) is 3.36. The third-order valence-electron chi connectivity index (χ3n) is 5.86. The second kappa shape index (κ2) is 6.81. The van der Waals surface area contributed by atoms with E-state index < -0.39 is 5.54 Å². The Morgan fingerprint density at radius 2 is 2.08 bits per heavy atom. The van der Waals surface area contributed by atoms with Gasteiger partial charge in [-0.2, -0.15) is 5.26 Å². The van der Waals surface area contributed by atoms with E-state index in [9.17, 15) is 10.1 Å². The van der Waals surface area contributed by atoms with E-state index in [-0.39, 0.29) is 11.9 Å². The van der Waals surface area contributed by atoms with Crippen molar-refractivity contribution in [1.82, 2.24) is 5.32 Å². The van der Waals surface area contributed by atoms with Crippen LogP contribution in [0, 0.1) is 17.2 Å². The van der Waals surface area contributed by atoms with Crippen LogP contribution in [0.25, 0.3) is 0 Å². The Morgan fingerprint density at radius 1 is 1.31 bits per heavy atom. The number of hydrogen-bond acceptors (Lipinski definition) is 4. The van der Waals surface area contributed by atoms with Gasteiger partial charge in [0.1, 0.15) is 24.8 Å². The van der Waals surface area contributed by atoms with Gasteiger partial charge in [0.25, 0.3) is 5.91 Å². The minimum absolute atomic E-state index is 0.0274. The molecular formula is C20H26N3O3+. The lowest BCUT2D eigenvalue weighted by Crippen LogP contribution is -3.11. The van der Waals surface area contributed by atoms with Crippen LogP contribution in [-0.4, -0.2) is 37.7 Å². The highest BCUT2D eigenvalue weighted by molar-refractivity contribution is 5.78. The minimum Gasteiger partial charge on any atom is -0.486 e. The second-order valence-electron chi connectivity index (χ2n) is 7.82. The molecule has 0 radical (unpaired) electrons. The lowest BCUT2D eigenvalue weighted by molar-refractivity contribution is -0.910. The van der Waals surface area contributed by atoms with Crippen LogP contribution in [0.5, 0.6) is 11.5 Å². The Morgan fingerprint density at radius 3 is 2.81 bits per heavy atom. The molecule has 1 unspecified atom stereocenters. The van der Waals surface area contributed by atoms with E-state index in [0.717, 1.165) is 43.7 Å². The molecule has 0 bridgehead atoms. The Balaban J connectivity index is 1.43. The van der Waals surface area contributed by atoms with Crippen molar-refractivity contribution in [2.24, 2.45) is 5.92 Å². The molecule has 2 heterocycles. The Hall–Kier alpha value is -2.26. The maximum absolute atomic E-state index is 12.6. The first-order valence-electron chi connectivity index (χ1n) is 9.55. The summed E-state index contributed by atoms with van der Waals surface area (Å²) in [6, 6.07) is 8.71. The number of carbonyl (C=O) groups is 1. The molecule has 2 N–H and O–H groups in total. The fraction of sp³-hybridized carbons (Fsp3) is 0.600. The van der Waals surface area contributed by atoms with Crippen molar-refractivity contribution in [3.8, 4) is 17.6 Å². The number of ether oxygens (including phenoxy) is 2. The number of quaternary nitrogens is 1. The normalized spacial score (nSPS) is 26.6. The highest BCUT2D eigenvalue weighted by atomic mass is 16.6. The van der Waals surface area contributed by atoms with E-state index in [1.807, 2.05) is 13.0 Å². The number of nitrogens with zero attached hydrogens (tertiary/aromatic N) is 1. The molecule has 1 amide bonds. The molecule has 1 saturated heterocycles. The molecule has 1 aliphatic carbocycles. The first-order valence-corrected chi connectivity index (χ1v) is 9.55. The number of nitrogens with one attached hydrogen (secondary N) is 2. The zero-order valence-electron chi connectivity index (χ0n) is 15.2. The van der Waals surface area contributed by atoms with Crippen molar-refractivity contribution < 1.29 is 19.2 Å². The smallest absolute Gasteiger partial charge is 0.276 e. The Labute approximate surface area is 154 Å². The van der Waals surface area contributed by atoms with Crippen LogP contribution in [0.1, 0.15) is 44.2 Å². The number of rotatable bonds is 5. The number of nitriles is 1. The van der Waals surface area contributed by atoms with Crippen LogP contribution in [0.3, 0.4) is 0 Å². The van der Waals surface area contributed by atoms with Crippen molar-refractivity contribution in [3.63, 3.8) is 0 Å². The number of benzene rings is 1. The van der Waals surface area contributed by atoms with Gasteiger partial charge < -0.3 is 19.7 Å². The van der Waals surface area contributed by atoms with Gasteiger partial charge in [-0.05, 0) is 43.9 Å². The van der Waals surface area contributed by atoms with Crippen LogP contribution in [0.2, 0.25) is 0 Å². The largest absolute Gasteiger partial charge is 0.486 e. The average molecular weight is 356 g/mol. The standard InChI is InChI=1S/C20H25N3O3/c1-20(13-21,15-5-6-15)22-19(24)12-23-8-2-3-16(23)14-4-7-17-18(11-14)26-10-9-25-17/h4,7,11,15-16H,2-3,5-6,8-10,12H2,1H3,(H,22,24)/p+1/t16-,20-/m1/s1. The molecule has 1 aromatic rings. The summed E-state index contributed by atoms with van der Waals surface area (Å²) in [5, 5.41) is 12.4. The predicted octanol–water partition coefficient (Wildman–Crippen LogP) is 0.986. The second-order valence-corrected chi connectivity index (χ2v) is 7.82. The molecule has 26 heavy (non-hydrogen) atoms. The lowest BCUT2D eigenvalue weighted by Gasteiger charge is -2.26. The van der Waals surface area contributed by atoms with Crippen LogP contribution < -0.4 is 19.7 Å². The minimum atomic E-state index is -0.720. The Bertz CT molecular complexity index is 740. The third-order valence-corrected chi connectivity index (χ3v) is 5.86.